The number of nitrogens with zero attached hydrogens (tertiary/aromatic N) is 6. The molecule has 0 atom stereocenters. The van der Waals surface area contributed by atoms with Gasteiger partial charge in [-0.15, -0.1) is 0 Å². The molecule has 8 aromatic carbocycles. The Balaban J connectivity index is 1.29. The number of rotatable bonds is 8. The Hall–Kier alpha value is -8.79. The fraction of sp³-hybridized carbons (Fsp3) is 0.0172. The average Bonchev–Trinajstić information content (AvgIpc) is 3.70. The van der Waals surface area contributed by atoms with Crippen LogP contribution in [0.25, 0.3) is 106 Å². The predicted octanol–water partition coefficient (Wildman–Crippen LogP) is 14.2. The maximum Gasteiger partial charge on any atom is 0.160 e. The van der Waals surface area contributed by atoms with Gasteiger partial charge in [0.1, 0.15) is 0 Å². The first-order valence-electron chi connectivity index (χ1n) is 21.3. The maximum atomic E-state index is 10.9. The Kier molecular flexibility index (Phi) is 9.68. The van der Waals surface area contributed by atoms with Crippen LogP contribution in [0.5, 0.6) is 0 Å². The maximum absolute atomic E-state index is 10.9. The van der Waals surface area contributed by atoms with Crippen LogP contribution >= 0.6 is 0 Å². The lowest BCUT2D eigenvalue weighted by molar-refractivity contribution is 1.14. The average molecular weight is 819 g/mol. The van der Waals surface area contributed by atoms with Gasteiger partial charge in [0.15, 0.2) is 11.6 Å². The monoisotopic (exact) mass is 818 g/mol. The predicted molar refractivity (Wildman–Crippen MR) is 259 cm³/mol. The van der Waals surface area contributed by atoms with E-state index in [0.29, 0.717) is 28.6 Å². The van der Waals surface area contributed by atoms with Crippen molar-refractivity contribution in [2.45, 2.75) is 6.92 Å². The van der Waals surface area contributed by atoms with E-state index in [-0.39, 0.29) is 0 Å². The van der Waals surface area contributed by atoms with Gasteiger partial charge in [-0.25, -0.2) is 19.9 Å². The summed E-state index contributed by atoms with van der Waals surface area (Å²) in [5, 5.41) is 13.1. The summed E-state index contributed by atoms with van der Waals surface area (Å²) in [5.74, 6) is 1.16. The van der Waals surface area contributed by atoms with Crippen LogP contribution in [-0.4, -0.2) is 24.5 Å². The molecule has 0 spiro atoms. The highest BCUT2D eigenvalue weighted by atomic mass is 15.0. The van der Waals surface area contributed by atoms with Crippen molar-refractivity contribution >= 4 is 21.8 Å². The fourth-order valence-corrected chi connectivity index (χ4v) is 8.58. The molecule has 0 aliphatic rings. The minimum absolute atomic E-state index is 0.470. The molecule has 0 aliphatic carbocycles. The van der Waals surface area contributed by atoms with E-state index < -0.39 is 0 Å². The number of aryl methyl sites for hydroxylation is 1. The normalized spacial score (nSPS) is 11.2. The molecule has 64 heavy (non-hydrogen) atoms. The van der Waals surface area contributed by atoms with E-state index in [1.807, 2.05) is 121 Å². The van der Waals surface area contributed by atoms with Crippen LogP contribution in [-0.2, 0) is 0 Å². The second-order valence-electron chi connectivity index (χ2n) is 15.9. The molecule has 11 aromatic rings. The molecule has 0 amide bonds. The van der Waals surface area contributed by atoms with E-state index in [1.54, 1.807) is 0 Å². The van der Waals surface area contributed by atoms with Gasteiger partial charge in [-0.05, 0) is 54.4 Å². The second kappa shape index (κ2) is 16.2. The summed E-state index contributed by atoms with van der Waals surface area (Å²) in [6, 6.07) is 74.9. The number of nitriles is 1. The molecule has 0 bridgehead atoms. The molecule has 0 saturated carbocycles. The van der Waals surface area contributed by atoms with Crippen molar-refractivity contribution in [1.82, 2.24) is 24.5 Å². The Bertz CT molecular complexity index is 3280. The van der Waals surface area contributed by atoms with Gasteiger partial charge < -0.3 is 4.57 Å². The Morgan fingerprint density at radius 2 is 0.812 bits per heavy atom. The third-order valence-corrected chi connectivity index (χ3v) is 11.7. The summed E-state index contributed by atoms with van der Waals surface area (Å²) in [6.45, 7) is 2.11. The quantitative estimate of drug-likeness (QED) is 0.153. The number of hydrogen-bond donors (Lipinski definition) is 0. The molecular formula is C58H38N6. The molecule has 300 valence electrons. The highest BCUT2D eigenvalue weighted by Crippen LogP contribution is 2.44. The highest BCUT2D eigenvalue weighted by Gasteiger charge is 2.25. The standard InChI is InChI=1S/C58H38N6/c1-38-26-28-40(29-27-38)45-30-31-47-46-24-14-15-25-54(46)64(55(47)34-45)56-48(52-35-50(41-16-6-2-7-17-41)60-57(62-52)43-20-10-4-11-21-43)32-39(37-59)33-49(56)53-36-51(42-18-8-3-9-19-42)61-58(63-53)44-22-12-5-13-23-44/h2-36H,1H3. The van der Waals surface area contributed by atoms with Crippen LogP contribution in [0.15, 0.2) is 212 Å². The number of benzene rings is 8. The lowest BCUT2D eigenvalue weighted by atomic mass is 9.95. The topological polar surface area (TPSA) is 80.3 Å². The largest absolute Gasteiger partial charge is 0.308 e. The Morgan fingerprint density at radius 3 is 1.33 bits per heavy atom. The van der Waals surface area contributed by atoms with Gasteiger partial charge >= 0.3 is 0 Å². The zero-order chi connectivity index (χ0) is 43.0. The second-order valence-corrected chi connectivity index (χ2v) is 15.9. The van der Waals surface area contributed by atoms with Gasteiger partial charge in [-0.3, -0.25) is 0 Å². The Labute approximate surface area is 371 Å². The van der Waals surface area contributed by atoms with E-state index in [1.165, 1.54) is 5.56 Å². The summed E-state index contributed by atoms with van der Waals surface area (Å²) in [7, 11) is 0. The van der Waals surface area contributed by atoms with Crippen LogP contribution in [0.1, 0.15) is 11.1 Å². The lowest BCUT2D eigenvalue weighted by Crippen LogP contribution is -2.05. The van der Waals surface area contributed by atoms with E-state index in [9.17, 15) is 5.26 Å². The van der Waals surface area contributed by atoms with Crippen molar-refractivity contribution in [3.05, 3.63) is 223 Å². The fourth-order valence-electron chi connectivity index (χ4n) is 8.58. The molecule has 0 aliphatic heterocycles. The molecule has 3 heterocycles. The molecule has 11 rings (SSSR count). The van der Waals surface area contributed by atoms with Crippen LogP contribution in [0, 0.1) is 18.3 Å². The van der Waals surface area contributed by atoms with Gasteiger partial charge in [0.25, 0.3) is 0 Å². The highest BCUT2D eigenvalue weighted by molar-refractivity contribution is 6.11. The van der Waals surface area contributed by atoms with Crippen molar-refractivity contribution in [2.24, 2.45) is 0 Å². The van der Waals surface area contributed by atoms with Crippen molar-refractivity contribution in [3.8, 4) is 90.7 Å². The van der Waals surface area contributed by atoms with Gasteiger partial charge in [0.2, 0.25) is 0 Å². The van der Waals surface area contributed by atoms with E-state index in [4.69, 9.17) is 19.9 Å². The SMILES string of the molecule is Cc1ccc(-c2ccc3c4ccccc4n(-c4c(-c5cc(-c6ccccc6)nc(-c6ccccc6)n5)cc(C#N)cc4-c4cc(-c5ccccc5)nc(-c5ccccc5)n4)c3c2)cc1. The van der Waals surface area contributed by atoms with Gasteiger partial charge in [-0.2, -0.15) is 5.26 Å². The molecule has 6 nitrogen and oxygen atoms in total. The van der Waals surface area contributed by atoms with E-state index in [0.717, 1.165) is 83.4 Å². The van der Waals surface area contributed by atoms with Crippen molar-refractivity contribution < 1.29 is 0 Å². The minimum Gasteiger partial charge on any atom is -0.308 e. The van der Waals surface area contributed by atoms with Crippen molar-refractivity contribution in [2.75, 3.05) is 0 Å². The summed E-state index contributed by atoms with van der Waals surface area (Å²) >= 11 is 0. The molecule has 3 aromatic heterocycles. The molecule has 0 saturated heterocycles. The third kappa shape index (κ3) is 7.07. The summed E-state index contributed by atoms with van der Waals surface area (Å²) in [5.41, 5.74) is 14.8. The summed E-state index contributed by atoms with van der Waals surface area (Å²) in [6.07, 6.45) is 0. The minimum atomic E-state index is 0.470. The van der Waals surface area contributed by atoms with Crippen molar-refractivity contribution in [1.29, 1.82) is 5.26 Å². The molecule has 0 unspecified atom stereocenters. The van der Waals surface area contributed by atoms with Crippen LogP contribution in [0.3, 0.4) is 0 Å². The van der Waals surface area contributed by atoms with Crippen molar-refractivity contribution in [3.63, 3.8) is 0 Å². The number of aromatic nitrogens is 5. The zero-order valence-electron chi connectivity index (χ0n) is 34.9. The van der Waals surface area contributed by atoms with E-state index in [2.05, 4.69) is 109 Å². The molecule has 0 fully saturated rings. The Morgan fingerprint density at radius 1 is 0.375 bits per heavy atom. The molecule has 0 N–H and O–H groups in total. The first kappa shape index (κ1) is 38.2. The van der Waals surface area contributed by atoms with E-state index >= 15 is 0 Å². The van der Waals surface area contributed by atoms with Crippen LogP contribution in [0.4, 0.5) is 0 Å². The molecular weight excluding hydrogens is 781 g/mol. The molecule has 6 heteroatoms. The van der Waals surface area contributed by atoms with Crippen LogP contribution < -0.4 is 0 Å². The van der Waals surface area contributed by atoms with Crippen LogP contribution in [0.2, 0.25) is 0 Å². The molecule has 0 radical (unpaired) electrons. The number of para-hydroxylation sites is 1. The zero-order valence-corrected chi connectivity index (χ0v) is 34.9. The summed E-state index contributed by atoms with van der Waals surface area (Å²) < 4.78 is 2.34. The van der Waals surface area contributed by atoms with Gasteiger partial charge in [-0.1, -0.05) is 181 Å². The number of hydrogen-bond acceptors (Lipinski definition) is 5. The lowest BCUT2D eigenvalue weighted by Gasteiger charge is -2.20. The first-order valence-corrected chi connectivity index (χ1v) is 21.3. The van der Waals surface area contributed by atoms with Gasteiger partial charge in [0, 0.05) is 44.2 Å². The van der Waals surface area contributed by atoms with Gasteiger partial charge in [0.05, 0.1) is 51.1 Å². The first-order chi connectivity index (χ1) is 31.6. The third-order valence-electron chi connectivity index (χ3n) is 11.7. The summed E-state index contributed by atoms with van der Waals surface area (Å²) in [4.78, 5) is 21.1. The number of fused-ring (bicyclic) bond motifs is 3. The smallest absolute Gasteiger partial charge is 0.160 e.